The first-order valence-corrected chi connectivity index (χ1v) is 5.16. The van der Waals surface area contributed by atoms with Crippen LogP contribution in [0.15, 0.2) is 12.1 Å². The van der Waals surface area contributed by atoms with Crippen LogP contribution in [-0.4, -0.2) is 32.6 Å². The van der Waals surface area contributed by atoms with E-state index in [9.17, 15) is 4.79 Å². The number of hydrogen-bond donors (Lipinski definition) is 0. The molecular formula is C11H10O6. The van der Waals surface area contributed by atoms with E-state index < -0.39 is 0 Å². The van der Waals surface area contributed by atoms with E-state index in [-0.39, 0.29) is 18.6 Å². The number of ether oxygens (including phenoxy) is 5. The number of carbonyl (C=O) groups is 1. The normalized spacial score (nSPS) is 19.9. The molecule has 1 atom stereocenters. The first-order valence-electron chi connectivity index (χ1n) is 5.16. The van der Waals surface area contributed by atoms with Crippen molar-refractivity contribution in [2.45, 2.75) is 6.10 Å². The lowest BCUT2D eigenvalue weighted by molar-refractivity contribution is -0.120. The summed E-state index contributed by atoms with van der Waals surface area (Å²) in [5.41, 5.74) is 0. The Bertz CT molecular complexity index is 440. The molecule has 1 aromatic rings. The third-order valence-corrected chi connectivity index (χ3v) is 2.45. The molecule has 0 saturated carbocycles. The van der Waals surface area contributed by atoms with Gasteiger partial charge in [-0.2, -0.15) is 0 Å². The Morgan fingerprint density at radius 1 is 1.41 bits per heavy atom. The fourth-order valence-electron chi connectivity index (χ4n) is 1.55. The Morgan fingerprint density at radius 2 is 2.29 bits per heavy atom. The number of hydrogen-bond acceptors (Lipinski definition) is 6. The summed E-state index contributed by atoms with van der Waals surface area (Å²) in [5.74, 6) is 1.62. The van der Waals surface area contributed by atoms with Gasteiger partial charge in [0.05, 0.1) is 6.61 Å². The molecule has 0 amide bonds. The van der Waals surface area contributed by atoms with Crippen molar-refractivity contribution >= 4 is 6.47 Å². The summed E-state index contributed by atoms with van der Waals surface area (Å²) in [6.07, 6.45) is 0.129. The minimum absolute atomic E-state index is 0.111. The number of fused-ring (bicyclic) bond motifs is 1. The lowest BCUT2D eigenvalue weighted by atomic mass is 10.2. The van der Waals surface area contributed by atoms with Crippen molar-refractivity contribution in [3.63, 3.8) is 0 Å². The Kier molecular flexibility index (Phi) is 2.49. The van der Waals surface area contributed by atoms with Crippen molar-refractivity contribution < 1.29 is 28.5 Å². The summed E-state index contributed by atoms with van der Waals surface area (Å²) < 4.78 is 25.8. The van der Waals surface area contributed by atoms with Crippen molar-refractivity contribution in [2.75, 3.05) is 20.0 Å². The number of benzene rings is 1. The molecule has 1 aromatic carbocycles. The van der Waals surface area contributed by atoms with Crippen molar-refractivity contribution in [1.82, 2.24) is 0 Å². The molecule has 3 rings (SSSR count). The van der Waals surface area contributed by atoms with Crippen LogP contribution in [0, 0.1) is 0 Å². The molecule has 1 fully saturated rings. The third kappa shape index (κ3) is 1.99. The average molecular weight is 238 g/mol. The van der Waals surface area contributed by atoms with Crippen LogP contribution in [0.3, 0.4) is 0 Å². The first-order chi connectivity index (χ1) is 8.38. The molecule has 0 aromatic heterocycles. The topological polar surface area (TPSA) is 66.5 Å². The van der Waals surface area contributed by atoms with Crippen LogP contribution in [0.2, 0.25) is 0 Å². The quantitative estimate of drug-likeness (QED) is 0.556. The molecule has 2 aliphatic heterocycles. The van der Waals surface area contributed by atoms with Crippen LogP contribution in [0.25, 0.3) is 0 Å². The van der Waals surface area contributed by atoms with Gasteiger partial charge in [-0.25, -0.2) is 0 Å². The molecule has 90 valence electrons. The molecule has 1 unspecified atom stereocenters. The molecule has 2 aliphatic rings. The SMILES string of the molecule is O=COc1c(OCC2CO2)ccc2c1OCO2. The summed E-state index contributed by atoms with van der Waals surface area (Å²) in [5, 5.41) is 0. The maximum absolute atomic E-state index is 10.5. The van der Waals surface area contributed by atoms with Crippen LogP contribution in [0.4, 0.5) is 0 Å². The largest absolute Gasteiger partial charge is 0.487 e. The maximum Gasteiger partial charge on any atom is 0.298 e. The molecule has 17 heavy (non-hydrogen) atoms. The zero-order valence-electron chi connectivity index (χ0n) is 8.88. The van der Waals surface area contributed by atoms with Gasteiger partial charge in [0.1, 0.15) is 12.7 Å². The number of rotatable bonds is 5. The highest BCUT2D eigenvalue weighted by molar-refractivity contribution is 5.63. The summed E-state index contributed by atoms with van der Waals surface area (Å²) in [4.78, 5) is 10.5. The Hall–Kier alpha value is -1.95. The highest BCUT2D eigenvalue weighted by Gasteiger charge is 2.27. The molecule has 0 aliphatic carbocycles. The zero-order chi connectivity index (χ0) is 11.7. The van der Waals surface area contributed by atoms with Crippen molar-refractivity contribution in [1.29, 1.82) is 0 Å². The lowest BCUT2D eigenvalue weighted by Crippen LogP contribution is -2.05. The van der Waals surface area contributed by atoms with Gasteiger partial charge in [-0.15, -0.1) is 0 Å². The molecular weight excluding hydrogens is 228 g/mol. The van der Waals surface area contributed by atoms with Gasteiger partial charge >= 0.3 is 0 Å². The van der Waals surface area contributed by atoms with Gasteiger partial charge in [-0.05, 0) is 12.1 Å². The van der Waals surface area contributed by atoms with Gasteiger partial charge in [0, 0.05) is 0 Å². The number of epoxide rings is 1. The zero-order valence-corrected chi connectivity index (χ0v) is 8.88. The highest BCUT2D eigenvalue weighted by atomic mass is 16.7. The summed E-state index contributed by atoms with van der Waals surface area (Å²) in [6, 6.07) is 3.39. The number of carbonyl (C=O) groups excluding carboxylic acids is 1. The van der Waals surface area contributed by atoms with Crippen molar-refractivity contribution in [2.24, 2.45) is 0 Å². The fourth-order valence-corrected chi connectivity index (χ4v) is 1.55. The van der Waals surface area contributed by atoms with Crippen LogP contribution < -0.4 is 18.9 Å². The smallest absolute Gasteiger partial charge is 0.298 e. The first kappa shape index (κ1) is 10.2. The van der Waals surface area contributed by atoms with E-state index in [4.69, 9.17) is 23.7 Å². The molecule has 6 heteroatoms. The monoisotopic (exact) mass is 238 g/mol. The van der Waals surface area contributed by atoms with E-state index in [1.54, 1.807) is 12.1 Å². The van der Waals surface area contributed by atoms with E-state index >= 15 is 0 Å². The van der Waals surface area contributed by atoms with Crippen molar-refractivity contribution in [3.05, 3.63) is 12.1 Å². The summed E-state index contributed by atoms with van der Waals surface area (Å²) >= 11 is 0. The molecule has 1 saturated heterocycles. The Balaban J connectivity index is 1.86. The molecule has 0 radical (unpaired) electrons. The molecule has 0 spiro atoms. The predicted octanol–water partition coefficient (Wildman–Crippen LogP) is 0.728. The van der Waals surface area contributed by atoms with E-state index in [0.717, 1.165) is 0 Å². The van der Waals surface area contributed by atoms with E-state index in [1.165, 1.54) is 0 Å². The van der Waals surface area contributed by atoms with Gasteiger partial charge in [0.2, 0.25) is 18.3 Å². The van der Waals surface area contributed by atoms with Gasteiger partial charge in [-0.1, -0.05) is 0 Å². The van der Waals surface area contributed by atoms with E-state index in [1.807, 2.05) is 0 Å². The standard InChI is InChI=1S/C11H10O6/c12-5-15-10-8(14-4-7-3-13-7)1-2-9-11(10)17-6-16-9/h1-2,5,7H,3-4,6H2. The van der Waals surface area contributed by atoms with Crippen LogP contribution in [-0.2, 0) is 9.53 Å². The minimum Gasteiger partial charge on any atom is -0.487 e. The fraction of sp³-hybridized carbons (Fsp3) is 0.364. The lowest BCUT2D eigenvalue weighted by Gasteiger charge is -2.10. The van der Waals surface area contributed by atoms with E-state index in [0.29, 0.717) is 36.9 Å². The Morgan fingerprint density at radius 3 is 3.06 bits per heavy atom. The van der Waals surface area contributed by atoms with Crippen LogP contribution >= 0.6 is 0 Å². The minimum atomic E-state index is 0.111. The molecule has 0 bridgehead atoms. The summed E-state index contributed by atoms with van der Waals surface area (Å²) in [6.45, 7) is 1.57. The second-order valence-electron chi connectivity index (χ2n) is 3.61. The molecule has 0 N–H and O–H groups in total. The third-order valence-electron chi connectivity index (χ3n) is 2.45. The van der Waals surface area contributed by atoms with Crippen LogP contribution in [0.1, 0.15) is 0 Å². The predicted molar refractivity (Wildman–Crippen MR) is 54.5 cm³/mol. The second-order valence-corrected chi connectivity index (χ2v) is 3.61. The van der Waals surface area contributed by atoms with Gasteiger partial charge in [0.25, 0.3) is 6.47 Å². The highest BCUT2D eigenvalue weighted by Crippen LogP contribution is 2.46. The molecule has 2 heterocycles. The van der Waals surface area contributed by atoms with Gasteiger partial charge < -0.3 is 23.7 Å². The maximum atomic E-state index is 10.5. The van der Waals surface area contributed by atoms with E-state index in [2.05, 4.69) is 0 Å². The molecule has 6 nitrogen and oxygen atoms in total. The second kappa shape index (κ2) is 4.14. The average Bonchev–Trinajstić information content (AvgIpc) is 3.04. The summed E-state index contributed by atoms with van der Waals surface area (Å²) in [7, 11) is 0. The van der Waals surface area contributed by atoms with Gasteiger partial charge in [-0.3, -0.25) is 4.79 Å². The Labute approximate surface area is 97.0 Å². The van der Waals surface area contributed by atoms with Crippen LogP contribution in [0.5, 0.6) is 23.0 Å². The van der Waals surface area contributed by atoms with Crippen molar-refractivity contribution in [3.8, 4) is 23.0 Å². The van der Waals surface area contributed by atoms with Gasteiger partial charge in [0.15, 0.2) is 11.5 Å².